The predicted molar refractivity (Wildman–Crippen MR) is 111 cm³/mol. The topological polar surface area (TPSA) is 107 Å². The number of thioether (sulfide) groups is 1. The number of hydrogen-bond acceptors (Lipinski definition) is 6. The highest BCUT2D eigenvalue weighted by atomic mass is 32.2. The molecule has 7 nitrogen and oxygen atoms in total. The van der Waals surface area contributed by atoms with Gasteiger partial charge in [0.15, 0.2) is 5.16 Å². The van der Waals surface area contributed by atoms with Gasteiger partial charge >= 0.3 is 6.03 Å². The number of primary amides is 1. The number of carbonyl (C=O) groups is 2. The van der Waals surface area contributed by atoms with Crippen LogP contribution in [0, 0.1) is 0 Å². The van der Waals surface area contributed by atoms with Gasteiger partial charge in [-0.15, -0.1) is 11.3 Å². The summed E-state index contributed by atoms with van der Waals surface area (Å²) in [6.45, 7) is 1.69. The molecule has 0 aromatic carbocycles. The van der Waals surface area contributed by atoms with Crippen molar-refractivity contribution in [3.8, 4) is 0 Å². The zero-order valence-electron chi connectivity index (χ0n) is 15.8. The molecular formula is C19H24N4O3S2. The highest BCUT2D eigenvalue weighted by Crippen LogP contribution is 2.38. The van der Waals surface area contributed by atoms with Gasteiger partial charge in [-0.3, -0.25) is 19.5 Å². The van der Waals surface area contributed by atoms with Crippen LogP contribution in [-0.4, -0.2) is 26.7 Å². The van der Waals surface area contributed by atoms with E-state index in [4.69, 9.17) is 10.7 Å². The minimum Gasteiger partial charge on any atom is -0.351 e. The predicted octanol–water partition coefficient (Wildman–Crippen LogP) is 3.13. The minimum atomic E-state index is -0.875. The summed E-state index contributed by atoms with van der Waals surface area (Å²) in [5, 5.41) is 2.87. The van der Waals surface area contributed by atoms with Crippen LogP contribution in [0.15, 0.2) is 9.95 Å². The lowest BCUT2D eigenvalue weighted by atomic mass is 9.97. The van der Waals surface area contributed by atoms with E-state index in [1.54, 1.807) is 18.3 Å². The quantitative estimate of drug-likeness (QED) is 0.584. The smallest absolute Gasteiger partial charge is 0.318 e. The second kappa shape index (κ2) is 7.87. The Balaban J connectivity index is 1.80. The molecule has 3 amide bonds. The summed E-state index contributed by atoms with van der Waals surface area (Å²) in [7, 11) is 0. The van der Waals surface area contributed by atoms with Gasteiger partial charge in [0, 0.05) is 10.9 Å². The number of carbonyl (C=O) groups excluding carboxylic acids is 2. The number of fused-ring (bicyclic) bond motifs is 3. The molecule has 0 aliphatic heterocycles. The Kier molecular flexibility index (Phi) is 5.46. The molecular weight excluding hydrogens is 396 g/mol. The van der Waals surface area contributed by atoms with Crippen LogP contribution in [-0.2, 0) is 17.6 Å². The number of aromatic nitrogens is 2. The molecule has 0 radical (unpaired) electrons. The number of nitrogens with two attached hydrogens (primary N) is 1. The molecule has 2 aliphatic carbocycles. The molecule has 0 bridgehead atoms. The van der Waals surface area contributed by atoms with E-state index in [2.05, 4.69) is 5.32 Å². The van der Waals surface area contributed by atoms with Crippen LogP contribution in [0.1, 0.15) is 61.9 Å². The van der Waals surface area contributed by atoms with E-state index in [0.29, 0.717) is 5.16 Å². The summed E-state index contributed by atoms with van der Waals surface area (Å²) in [5.41, 5.74) is 6.27. The van der Waals surface area contributed by atoms with Crippen LogP contribution in [0.5, 0.6) is 0 Å². The Morgan fingerprint density at radius 3 is 2.68 bits per heavy atom. The summed E-state index contributed by atoms with van der Waals surface area (Å²) in [4.78, 5) is 43.6. The van der Waals surface area contributed by atoms with E-state index in [1.165, 1.54) is 22.2 Å². The largest absolute Gasteiger partial charge is 0.351 e. The second-order valence-electron chi connectivity index (χ2n) is 7.51. The number of aryl methyl sites for hydroxylation is 2. The van der Waals surface area contributed by atoms with Gasteiger partial charge in [0.2, 0.25) is 5.91 Å². The van der Waals surface area contributed by atoms with Crippen molar-refractivity contribution in [3.63, 3.8) is 0 Å². The first-order chi connectivity index (χ1) is 13.5. The fourth-order valence-corrected chi connectivity index (χ4v) is 6.48. The maximum Gasteiger partial charge on any atom is 0.318 e. The summed E-state index contributed by atoms with van der Waals surface area (Å²) in [6.07, 6.45) is 8.33. The lowest BCUT2D eigenvalue weighted by Crippen LogP contribution is -2.39. The molecule has 3 N–H and O–H groups in total. The van der Waals surface area contributed by atoms with E-state index in [9.17, 15) is 14.4 Å². The third kappa shape index (κ3) is 3.57. The standard InChI is InChI=1S/C19H24N4O3S2/c1-10(15(24)21-18(20)26)27-19-22-16-14(12-8-4-5-9-13(12)28-16)17(25)23(19)11-6-2-3-7-11/h10-11H,2-9H2,1H3,(H3,20,21,24,26). The van der Waals surface area contributed by atoms with Crippen molar-refractivity contribution < 1.29 is 9.59 Å². The van der Waals surface area contributed by atoms with Gasteiger partial charge in [-0.05, 0) is 51.0 Å². The molecule has 9 heteroatoms. The third-order valence-electron chi connectivity index (χ3n) is 5.58. The summed E-state index contributed by atoms with van der Waals surface area (Å²) < 4.78 is 1.82. The molecule has 2 aromatic rings. The average Bonchev–Trinajstić information content (AvgIpc) is 3.28. The number of amides is 3. The van der Waals surface area contributed by atoms with Gasteiger partial charge in [0.05, 0.1) is 10.6 Å². The number of thiophene rings is 1. The number of nitrogens with one attached hydrogen (secondary N) is 1. The van der Waals surface area contributed by atoms with Crippen LogP contribution in [0.4, 0.5) is 4.79 Å². The molecule has 1 fully saturated rings. The highest BCUT2D eigenvalue weighted by Gasteiger charge is 2.28. The Labute approximate surface area is 171 Å². The van der Waals surface area contributed by atoms with Crippen molar-refractivity contribution in [1.29, 1.82) is 0 Å². The third-order valence-corrected chi connectivity index (χ3v) is 7.83. The van der Waals surface area contributed by atoms with Gasteiger partial charge in [-0.2, -0.15) is 0 Å². The first kappa shape index (κ1) is 19.4. The normalized spacial score (nSPS) is 18.2. The van der Waals surface area contributed by atoms with E-state index in [1.807, 2.05) is 4.57 Å². The van der Waals surface area contributed by atoms with E-state index in [0.717, 1.165) is 61.6 Å². The highest BCUT2D eigenvalue weighted by molar-refractivity contribution is 8.00. The Hall–Kier alpha value is -1.87. The van der Waals surface area contributed by atoms with Crippen LogP contribution in [0.25, 0.3) is 10.2 Å². The molecule has 1 atom stereocenters. The molecule has 2 aromatic heterocycles. The van der Waals surface area contributed by atoms with Crippen molar-refractivity contribution >= 4 is 45.3 Å². The molecule has 0 spiro atoms. The van der Waals surface area contributed by atoms with Gasteiger partial charge in [0.1, 0.15) is 4.83 Å². The Morgan fingerprint density at radius 1 is 1.25 bits per heavy atom. The van der Waals surface area contributed by atoms with Gasteiger partial charge in [0.25, 0.3) is 5.56 Å². The van der Waals surface area contributed by atoms with Crippen molar-refractivity contribution in [2.45, 2.75) is 74.7 Å². The van der Waals surface area contributed by atoms with Crippen LogP contribution in [0.2, 0.25) is 0 Å². The molecule has 4 rings (SSSR count). The van der Waals surface area contributed by atoms with E-state index < -0.39 is 17.2 Å². The average molecular weight is 421 g/mol. The first-order valence-electron chi connectivity index (χ1n) is 9.79. The van der Waals surface area contributed by atoms with Crippen molar-refractivity contribution in [3.05, 3.63) is 20.8 Å². The molecule has 1 unspecified atom stereocenters. The molecule has 28 heavy (non-hydrogen) atoms. The lowest BCUT2D eigenvalue weighted by Gasteiger charge is -2.20. The van der Waals surface area contributed by atoms with Crippen LogP contribution < -0.4 is 16.6 Å². The van der Waals surface area contributed by atoms with Crippen molar-refractivity contribution in [2.24, 2.45) is 5.73 Å². The number of nitrogens with zero attached hydrogens (tertiary/aromatic N) is 2. The van der Waals surface area contributed by atoms with E-state index >= 15 is 0 Å². The summed E-state index contributed by atoms with van der Waals surface area (Å²) >= 11 is 2.83. The van der Waals surface area contributed by atoms with Crippen molar-refractivity contribution in [2.75, 3.05) is 0 Å². The number of imide groups is 1. The lowest BCUT2D eigenvalue weighted by molar-refractivity contribution is -0.119. The maximum atomic E-state index is 13.5. The molecule has 0 saturated heterocycles. The zero-order chi connectivity index (χ0) is 19.8. The molecule has 2 aliphatic rings. The van der Waals surface area contributed by atoms with Gasteiger partial charge < -0.3 is 5.73 Å². The molecule has 2 heterocycles. The zero-order valence-corrected chi connectivity index (χ0v) is 17.5. The van der Waals surface area contributed by atoms with Crippen molar-refractivity contribution in [1.82, 2.24) is 14.9 Å². The van der Waals surface area contributed by atoms with Crippen LogP contribution in [0.3, 0.4) is 0 Å². The fraction of sp³-hybridized carbons (Fsp3) is 0.579. The monoisotopic (exact) mass is 420 g/mol. The van der Waals surface area contributed by atoms with Gasteiger partial charge in [-0.25, -0.2) is 9.78 Å². The van der Waals surface area contributed by atoms with E-state index in [-0.39, 0.29) is 11.6 Å². The summed E-state index contributed by atoms with van der Waals surface area (Å²) in [5.74, 6) is -0.477. The van der Waals surface area contributed by atoms with Crippen LogP contribution >= 0.6 is 23.1 Å². The first-order valence-corrected chi connectivity index (χ1v) is 11.5. The second-order valence-corrected chi connectivity index (χ2v) is 9.90. The fourth-order valence-electron chi connectivity index (χ4n) is 4.20. The number of hydrogen-bond donors (Lipinski definition) is 2. The summed E-state index contributed by atoms with van der Waals surface area (Å²) in [6, 6.07) is -0.752. The van der Waals surface area contributed by atoms with Gasteiger partial charge in [-0.1, -0.05) is 24.6 Å². The SMILES string of the molecule is CC(Sc1nc2sc3c(c2c(=O)n1C1CCCC1)CCCC3)C(=O)NC(N)=O. The minimum absolute atomic E-state index is 0.0290. The number of rotatable bonds is 4. The molecule has 150 valence electrons. The maximum absolute atomic E-state index is 13.5. The Morgan fingerprint density at radius 2 is 1.96 bits per heavy atom. The Bertz CT molecular complexity index is 991. The molecule has 1 saturated carbocycles. The number of urea groups is 1.